The molecule has 2 heterocycles. The fourth-order valence-electron chi connectivity index (χ4n) is 4.49. The zero-order valence-electron chi connectivity index (χ0n) is 22.1. The van der Waals surface area contributed by atoms with Crippen LogP contribution in [0, 0.1) is 17.7 Å². The predicted molar refractivity (Wildman–Crippen MR) is 155 cm³/mol. The molecule has 1 saturated heterocycles. The molecule has 1 aliphatic rings. The van der Waals surface area contributed by atoms with Gasteiger partial charge >= 0.3 is 0 Å². The van der Waals surface area contributed by atoms with Gasteiger partial charge in [0.15, 0.2) is 17.3 Å². The van der Waals surface area contributed by atoms with Crippen LogP contribution in [0.4, 0.5) is 15.9 Å². The van der Waals surface area contributed by atoms with Crippen molar-refractivity contribution < 1.29 is 23.8 Å². The number of amides is 2. The van der Waals surface area contributed by atoms with Crippen LogP contribution in [-0.2, 0) is 0 Å². The Labute approximate surface area is 246 Å². The smallest absolute Gasteiger partial charge is 0.276 e. The molecule has 0 saturated carbocycles. The second-order valence-corrected chi connectivity index (χ2v) is 10.3. The third-order valence-electron chi connectivity index (χ3n) is 6.29. The molecule has 10 nitrogen and oxygen atoms in total. The fraction of sp³-hybridized carbons (Fsp3) is 0.259. The topological polar surface area (TPSA) is 143 Å². The van der Waals surface area contributed by atoms with E-state index in [1.807, 2.05) is 13.8 Å². The van der Waals surface area contributed by atoms with Crippen molar-refractivity contribution in [3.8, 4) is 17.7 Å². The number of nitrogens with one attached hydrogen (secondary N) is 2. The number of hydrogen-bond donors (Lipinski definition) is 4. The first-order valence-corrected chi connectivity index (χ1v) is 13.3. The number of ether oxygens (including phenoxy) is 1. The number of anilines is 2. The van der Waals surface area contributed by atoms with E-state index in [4.69, 9.17) is 38.8 Å². The van der Waals surface area contributed by atoms with E-state index in [2.05, 4.69) is 26.7 Å². The minimum Gasteiger partial charge on any atom is -0.489 e. The van der Waals surface area contributed by atoms with Gasteiger partial charge in [-0.25, -0.2) is 4.39 Å². The van der Waals surface area contributed by atoms with Crippen LogP contribution in [0.15, 0.2) is 42.5 Å². The van der Waals surface area contributed by atoms with Gasteiger partial charge in [-0.3, -0.25) is 9.59 Å². The molecule has 2 aromatic carbocycles. The van der Waals surface area contributed by atoms with E-state index >= 15 is 0 Å². The molecule has 4 rings (SSSR count). The number of carbonyl (C=O) groups excluding carboxylic acids is 2. The Bertz CT molecular complexity index is 1510. The highest BCUT2D eigenvalue weighted by molar-refractivity contribution is 6.49. The van der Waals surface area contributed by atoms with Crippen LogP contribution in [-0.4, -0.2) is 64.5 Å². The summed E-state index contributed by atoms with van der Waals surface area (Å²) in [6.45, 7) is 5.26. The Kier molecular flexibility index (Phi) is 9.55. The average molecular weight is 599 g/mol. The van der Waals surface area contributed by atoms with E-state index in [1.54, 1.807) is 35.3 Å². The molecule has 41 heavy (non-hydrogen) atoms. The van der Waals surface area contributed by atoms with Crippen molar-refractivity contribution in [3.63, 3.8) is 0 Å². The number of rotatable bonds is 7. The number of aliphatic hydroxyl groups excluding tert-OH is 1. The van der Waals surface area contributed by atoms with Gasteiger partial charge < -0.3 is 31.1 Å². The van der Waals surface area contributed by atoms with Crippen molar-refractivity contribution in [2.24, 2.45) is 0 Å². The van der Waals surface area contributed by atoms with Crippen LogP contribution in [0.5, 0.6) is 5.75 Å². The van der Waals surface area contributed by atoms with Crippen molar-refractivity contribution in [2.45, 2.75) is 31.9 Å². The summed E-state index contributed by atoms with van der Waals surface area (Å²) in [7, 11) is -0.139. The Morgan fingerprint density at radius 2 is 1.88 bits per heavy atom. The molecule has 1 fully saturated rings. The molecule has 14 heteroatoms. The van der Waals surface area contributed by atoms with Gasteiger partial charge in [0.2, 0.25) is 0 Å². The molecule has 0 aliphatic carbocycles. The summed E-state index contributed by atoms with van der Waals surface area (Å²) in [6, 6.07) is 9.46. The van der Waals surface area contributed by atoms with E-state index in [-0.39, 0.29) is 58.1 Å². The number of piperazine rings is 1. The Hall–Kier alpha value is -4.05. The lowest BCUT2D eigenvalue weighted by Crippen LogP contribution is -2.55. The average Bonchev–Trinajstić information content (AvgIpc) is 2.94. The Morgan fingerprint density at radius 1 is 1.20 bits per heavy atom. The number of aromatic nitrogens is 2. The summed E-state index contributed by atoms with van der Waals surface area (Å²) in [5.41, 5.74) is 6.79. The zero-order valence-corrected chi connectivity index (χ0v) is 23.6. The normalized spacial score (nSPS) is 17.1. The summed E-state index contributed by atoms with van der Waals surface area (Å²) in [4.78, 5) is 27.7. The van der Waals surface area contributed by atoms with Crippen molar-refractivity contribution in [1.82, 2.24) is 20.4 Å². The van der Waals surface area contributed by atoms with Gasteiger partial charge in [0.25, 0.3) is 19.1 Å². The predicted octanol–water partition coefficient (Wildman–Crippen LogP) is 3.38. The highest BCUT2D eigenvalue weighted by Gasteiger charge is 2.27. The van der Waals surface area contributed by atoms with Gasteiger partial charge in [-0.2, -0.15) is 0 Å². The van der Waals surface area contributed by atoms with E-state index in [9.17, 15) is 14.0 Å². The maximum absolute atomic E-state index is 14.2. The van der Waals surface area contributed by atoms with Gasteiger partial charge in [0, 0.05) is 53.1 Å². The molecule has 0 unspecified atom stereocenters. The van der Waals surface area contributed by atoms with Crippen LogP contribution < -0.4 is 21.1 Å². The molecule has 1 aliphatic heterocycles. The number of carbonyl (C=O) groups is 2. The maximum atomic E-state index is 14.2. The van der Waals surface area contributed by atoms with E-state index < -0.39 is 17.7 Å². The minimum absolute atomic E-state index is 0.0632. The SMILES string of the molecule is C[C@@H]1CN(C(=O)c2ccc(NC(=O)c3cc(O[C@H](BC#CO)c4c(Cl)ccc(F)c4Cl)c(N)nn3)cc2)C[C@H](C)N1. The molecular weight excluding hydrogens is 573 g/mol. The largest absolute Gasteiger partial charge is 0.489 e. The number of nitrogens with two attached hydrogens (primary N) is 1. The number of nitrogens with zero attached hydrogens (tertiary/aromatic N) is 3. The second kappa shape index (κ2) is 13.1. The summed E-state index contributed by atoms with van der Waals surface area (Å²) in [5, 5.41) is 22.5. The lowest BCUT2D eigenvalue weighted by Gasteiger charge is -2.36. The Balaban J connectivity index is 1.50. The monoisotopic (exact) mass is 598 g/mol. The standard InChI is InChI=1S/C27H26BCl2FN6O4/c1-14-12-37(13-15(2)33-14)27(40)16-3-5-17(6-4-16)34-26(39)20-11-21(25(32)36-35-20)41-24(28-9-10-38)22-18(29)7-8-19(31)23(22)30/h3-8,11,14-15,24,28,33,38H,12-13H2,1-2H3,(H2,32,36)(H,34,39)/t14-,15+,24-/m0/s1. The lowest BCUT2D eigenvalue weighted by molar-refractivity contribution is 0.0673. The van der Waals surface area contributed by atoms with Crippen LogP contribution in [0.2, 0.25) is 10.0 Å². The van der Waals surface area contributed by atoms with Crippen LogP contribution in [0.1, 0.15) is 46.3 Å². The summed E-state index contributed by atoms with van der Waals surface area (Å²) in [6.07, 6.45) is 1.75. The molecule has 5 N–H and O–H groups in total. The number of halogens is 3. The van der Waals surface area contributed by atoms with Crippen molar-refractivity contribution in [2.75, 3.05) is 24.1 Å². The molecular formula is C27H26BCl2FN6O4. The number of aliphatic hydroxyl groups is 1. The number of benzene rings is 2. The fourth-order valence-corrected chi connectivity index (χ4v) is 5.10. The van der Waals surface area contributed by atoms with Gasteiger partial charge in [0.05, 0.1) is 11.1 Å². The molecule has 0 spiro atoms. The first kappa shape index (κ1) is 29.9. The highest BCUT2D eigenvalue weighted by Crippen LogP contribution is 2.35. The van der Waals surface area contributed by atoms with E-state index in [0.717, 1.165) is 6.07 Å². The Morgan fingerprint density at radius 3 is 2.54 bits per heavy atom. The van der Waals surface area contributed by atoms with Gasteiger partial charge in [-0.05, 0) is 50.2 Å². The second-order valence-electron chi connectivity index (χ2n) is 9.55. The summed E-state index contributed by atoms with van der Waals surface area (Å²) in [5.74, 6) is 0.750. The van der Waals surface area contributed by atoms with Crippen molar-refractivity contribution in [3.05, 3.63) is 75.1 Å². The summed E-state index contributed by atoms with van der Waals surface area (Å²) < 4.78 is 20.1. The maximum Gasteiger partial charge on any atom is 0.276 e. The van der Waals surface area contributed by atoms with Crippen LogP contribution in [0.3, 0.4) is 0 Å². The third-order valence-corrected chi connectivity index (χ3v) is 7.00. The van der Waals surface area contributed by atoms with Crippen molar-refractivity contribution in [1.29, 1.82) is 0 Å². The first-order chi connectivity index (χ1) is 19.6. The molecule has 1 aromatic heterocycles. The highest BCUT2D eigenvalue weighted by atomic mass is 35.5. The van der Waals surface area contributed by atoms with Crippen LogP contribution >= 0.6 is 23.2 Å². The van der Waals surface area contributed by atoms with Gasteiger partial charge in [0.1, 0.15) is 11.8 Å². The molecule has 0 radical (unpaired) electrons. The minimum atomic E-state index is -1.07. The number of nitrogen functional groups attached to an aromatic ring is 1. The summed E-state index contributed by atoms with van der Waals surface area (Å²) >= 11 is 12.4. The molecule has 0 bridgehead atoms. The van der Waals surface area contributed by atoms with Gasteiger partial charge in [-0.1, -0.05) is 23.2 Å². The number of hydrogen-bond acceptors (Lipinski definition) is 8. The van der Waals surface area contributed by atoms with E-state index in [1.165, 1.54) is 12.1 Å². The third kappa shape index (κ3) is 7.19. The lowest BCUT2D eigenvalue weighted by atomic mass is 9.69. The molecule has 3 atom stereocenters. The van der Waals surface area contributed by atoms with Crippen LogP contribution in [0.25, 0.3) is 0 Å². The molecule has 2 amide bonds. The molecule has 212 valence electrons. The first-order valence-electron chi connectivity index (χ1n) is 12.6. The van der Waals surface area contributed by atoms with Gasteiger partial charge in [-0.15, -0.1) is 16.0 Å². The van der Waals surface area contributed by atoms with Crippen molar-refractivity contribution >= 4 is 53.8 Å². The quantitative estimate of drug-likeness (QED) is 0.184. The molecule has 3 aromatic rings. The zero-order chi connectivity index (χ0) is 29.7. The van der Waals surface area contributed by atoms with E-state index in [0.29, 0.717) is 24.3 Å².